The van der Waals surface area contributed by atoms with Crippen molar-refractivity contribution in [2.45, 2.75) is 11.8 Å². The minimum atomic E-state index is -4.01. The van der Waals surface area contributed by atoms with E-state index in [1.54, 1.807) is 6.92 Å². The quantitative estimate of drug-likeness (QED) is 0.506. The van der Waals surface area contributed by atoms with E-state index in [0.717, 1.165) is 0 Å². The van der Waals surface area contributed by atoms with Gasteiger partial charge in [0.25, 0.3) is 15.9 Å². The van der Waals surface area contributed by atoms with Crippen LogP contribution in [0.25, 0.3) is 0 Å². The molecular weight excluding hydrogens is 272 g/mol. The monoisotopic (exact) mass is 288 g/mol. The van der Waals surface area contributed by atoms with Gasteiger partial charge in [0.15, 0.2) is 0 Å². The smallest absolute Gasteiger partial charge is 0.262 e. The summed E-state index contributed by atoms with van der Waals surface area (Å²) in [5, 5.41) is 11.2. The number of carbonyl (C=O) groups excluding carboxylic acids is 1. The molecule has 0 unspecified atom stereocenters. The summed E-state index contributed by atoms with van der Waals surface area (Å²) in [6, 6.07) is 4.21. The molecule has 1 rings (SSSR count). The van der Waals surface area contributed by atoms with Crippen LogP contribution in [0.2, 0.25) is 0 Å². The lowest BCUT2D eigenvalue weighted by molar-refractivity contribution is 0.0937. The maximum Gasteiger partial charge on any atom is 0.262 e. The van der Waals surface area contributed by atoms with Gasteiger partial charge in [0.2, 0.25) is 0 Å². The van der Waals surface area contributed by atoms with Crippen LogP contribution in [0.3, 0.4) is 0 Å². The number of methoxy groups -OCH3 is 1. The number of carbonyl (C=O) groups is 1. The molecule has 0 aliphatic carbocycles. The van der Waals surface area contributed by atoms with Gasteiger partial charge in [-0.05, 0) is 24.6 Å². The maximum absolute atomic E-state index is 11.8. The lowest BCUT2D eigenvalue weighted by Gasteiger charge is -2.09. The van der Waals surface area contributed by atoms with Crippen LogP contribution in [0, 0.1) is 6.92 Å². The molecule has 3 N–H and O–H groups in total. The number of sulfonamides is 1. The molecule has 0 aliphatic rings. The third-order valence-electron chi connectivity index (χ3n) is 2.45. The third-order valence-corrected chi connectivity index (χ3v) is 3.71. The minimum Gasteiger partial charge on any atom is -0.383 e. The Kier molecular flexibility index (Phi) is 5.43. The second kappa shape index (κ2) is 6.62. The van der Waals surface area contributed by atoms with Crippen LogP contribution >= 0.6 is 0 Å². The van der Waals surface area contributed by atoms with Crippen LogP contribution < -0.4 is 10.2 Å². The number of hydrogen-bond donors (Lipinski definition) is 3. The molecular formula is C11H16N2O5S. The highest BCUT2D eigenvalue weighted by Crippen LogP contribution is 2.16. The van der Waals surface area contributed by atoms with Crippen molar-refractivity contribution in [3.8, 4) is 0 Å². The van der Waals surface area contributed by atoms with E-state index in [1.807, 2.05) is 0 Å². The van der Waals surface area contributed by atoms with Crippen LogP contribution in [0.5, 0.6) is 0 Å². The number of benzene rings is 1. The first-order chi connectivity index (χ1) is 8.92. The third kappa shape index (κ3) is 4.00. The molecule has 0 bridgehead atoms. The lowest BCUT2D eigenvalue weighted by atomic mass is 10.1. The molecule has 106 valence electrons. The number of aryl methyl sites for hydroxylation is 1. The zero-order chi connectivity index (χ0) is 14.5. The van der Waals surface area contributed by atoms with Crippen molar-refractivity contribution in [1.82, 2.24) is 10.2 Å². The molecule has 7 nitrogen and oxygen atoms in total. The average Bonchev–Trinajstić information content (AvgIpc) is 2.39. The van der Waals surface area contributed by atoms with Gasteiger partial charge in [0, 0.05) is 19.2 Å². The van der Waals surface area contributed by atoms with Crippen LogP contribution in [-0.4, -0.2) is 39.8 Å². The van der Waals surface area contributed by atoms with Gasteiger partial charge >= 0.3 is 0 Å². The molecule has 0 saturated carbocycles. The van der Waals surface area contributed by atoms with Crippen molar-refractivity contribution >= 4 is 15.9 Å². The van der Waals surface area contributed by atoms with Crippen molar-refractivity contribution in [3.63, 3.8) is 0 Å². The van der Waals surface area contributed by atoms with E-state index in [2.05, 4.69) is 5.32 Å². The molecule has 0 atom stereocenters. The van der Waals surface area contributed by atoms with E-state index in [9.17, 15) is 13.2 Å². The fraction of sp³-hybridized carbons (Fsp3) is 0.364. The largest absolute Gasteiger partial charge is 0.383 e. The Hall–Kier alpha value is -1.48. The van der Waals surface area contributed by atoms with Gasteiger partial charge in [0.1, 0.15) is 0 Å². The van der Waals surface area contributed by atoms with E-state index in [4.69, 9.17) is 9.94 Å². The standard InChI is InChI=1S/C11H16N2O5S/c1-8-3-4-9(11(14)12-5-6-18-2)7-10(8)19(16,17)13-15/h3-4,7,13,15H,5-6H2,1-2H3,(H,12,14). The van der Waals surface area contributed by atoms with Gasteiger partial charge in [-0.1, -0.05) is 11.0 Å². The van der Waals surface area contributed by atoms with Gasteiger partial charge in [-0.2, -0.15) is 0 Å². The number of nitrogens with one attached hydrogen (secondary N) is 2. The Morgan fingerprint density at radius 2 is 2.11 bits per heavy atom. The SMILES string of the molecule is COCCNC(=O)c1ccc(C)c(S(=O)(=O)NO)c1. The zero-order valence-electron chi connectivity index (χ0n) is 10.6. The molecule has 0 aromatic heterocycles. The summed E-state index contributed by atoms with van der Waals surface area (Å²) in [5.74, 6) is -0.411. The molecule has 8 heteroatoms. The van der Waals surface area contributed by atoms with Crippen molar-refractivity contribution in [2.24, 2.45) is 0 Å². The van der Waals surface area contributed by atoms with Crippen molar-refractivity contribution in [1.29, 1.82) is 0 Å². The second-order valence-corrected chi connectivity index (χ2v) is 5.45. The molecule has 0 spiro atoms. The highest BCUT2D eigenvalue weighted by atomic mass is 32.2. The normalized spacial score (nSPS) is 11.3. The highest BCUT2D eigenvalue weighted by Gasteiger charge is 2.18. The summed E-state index contributed by atoms with van der Waals surface area (Å²) in [6.45, 7) is 2.25. The Morgan fingerprint density at radius 1 is 1.42 bits per heavy atom. The first-order valence-electron chi connectivity index (χ1n) is 5.46. The van der Waals surface area contributed by atoms with Gasteiger partial charge in [-0.15, -0.1) is 0 Å². The predicted molar refractivity (Wildman–Crippen MR) is 67.5 cm³/mol. The summed E-state index contributed by atoms with van der Waals surface area (Å²) in [5.41, 5.74) is 0.616. The summed E-state index contributed by atoms with van der Waals surface area (Å²) in [6.07, 6.45) is 0. The minimum absolute atomic E-state index is 0.144. The van der Waals surface area contributed by atoms with E-state index >= 15 is 0 Å². The fourth-order valence-electron chi connectivity index (χ4n) is 1.45. The van der Waals surface area contributed by atoms with Crippen molar-refractivity contribution in [2.75, 3.05) is 20.3 Å². The van der Waals surface area contributed by atoms with E-state index in [1.165, 1.54) is 30.2 Å². The topological polar surface area (TPSA) is 105 Å². The average molecular weight is 288 g/mol. The van der Waals surface area contributed by atoms with Crippen LogP contribution in [0.1, 0.15) is 15.9 Å². The van der Waals surface area contributed by atoms with E-state index < -0.39 is 15.9 Å². The fourth-order valence-corrected chi connectivity index (χ4v) is 2.32. The van der Waals surface area contributed by atoms with E-state index in [-0.39, 0.29) is 10.5 Å². The highest BCUT2D eigenvalue weighted by molar-refractivity contribution is 7.89. The number of ether oxygens (including phenoxy) is 1. The summed E-state index contributed by atoms with van der Waals surface area (Å²) in [4.78, 5) is 12.8. The van der Waals surface area contributed by atoms with Crippen LogP contribution in [0.15, 0.2) is 23.1 Å². The van der Waals surface area contributed by atoms with Crippen molar-refractivity contribution < 1.29 is 23.2 Å². The molecule has 1 aromatic carbocycles. The van der Waals surface area contributed by atoms with E-state index in [0.29, 0.717) is 18.7 Å². The molecule has 0 heterocycles. The maximum atomic E-state index is 11.8. The summed E-state index contributed by atoms with van der Waals surface area (Å²) >= 11 is 0. The molecule has 1 amide bonds. The van der Waals surface area contributed by atoms with Gasteiger partial charge in [0.05, 0.1) is 11.5 Å². The van der Waals surface area contributed by atoms with Gasteiger partial charge in [-0.25, -0.2) is 8.42 Å². The number of amides is 1. The molecule has 19 heavy (non-hydrogen) atoms. The van der Waals surface area contributed by atoms with Crippen molar-refractivity contribution in [3.05, 3.63) is 29.3 Å². The molecule has 0 saturated heterocycles. The first kappa shape index (κ1) is 15.6. The molecule has 1 aromatic rings. The number of hydrogen-bond acceptors (Lipinski definition) is 5. The Morgan fingerprint density at radius 3 is 2.68 bits per heavy atom. The molecule has 0 radical (unpaired) electrons. The second-order valence-electron chi connectivity index (χ2n) is 3.82. The lowest BCUT2D eigenvalue weighted by Crippen LogP contribution is -2.27. The summed E-state index contributed by atoms with van der Waals surface area (Å²) < 4.78 is 27.9. The Bertz CT molecular complexity index is 556. The molecule has 0 fully saturated rings. The van der Waals surface area contributed by atoms with Crippen LogP contribution in [-0.2, 0) is 14.8 Å². The zero-order valence-corrected chi connectivity index (χ0v) is 11.5. The first-order valence-corrected chi connectivity index (χ1v) is 6.94. The Balaban J connectivity index is 3.00. The Labute approximate surface area is 111 Å². The van der Waals surface area contributed by atoms with Gasteiger partial charge in [-0.3, -0.25) is 4.79 Å². The predicted octanol–water partition coefficient (Wildman–Crippen LogP) is 0.0387. The van der Waals surface area contributed by atoms with Crippen LogP contribution in [0.4, 0.5) is 0 Å². The van der Waals surface area contributed by atoms with Gasteiger partial charge < -0.3 is 15.3 Å². The summed E-state index contributed by atoms with van der Waals surface area (Å²) in [7, 11) is -2.50. The number of rotatable bonds is 6. The molecule has 0 aliphatic heterocycles.